The summed E-state index contributed by atoms with van der Waals surface area (Å²) < 4.78 is 4.48. The summed E-state index contributed by atoms with van der Waals surface area (Å²) in [5.74, 6) is -1.34. The van der Waals surface area contributed by atoms with E-state index in [0.29, 0.717) is 0 Å². The summed E-state index contributed by atoms with van der Waals surface area (Å²) in [5.41, 5.74) is 4.68. The van der Waals surface area contributed by atoms with Gasteiger partial charge in [-0.25, -0.2) is 0 Å². The van der Waals surface area contributed by atoms with Crippen LogP contribution < -0.4 is 5.73 Å². The van der Waals surface area contributed by atoms with Crippen LogP contribution in [0, 0.1) is 0 Å². The molecule has 0 heterocycles. The average molecular weight is 132 g/mol. The Morgan fingerprint density at radius 3 is 2.56 bits per heavy atom. The molecule has 0 bridgehead atoms. The lowest BCUT2D eigenvalue weighted by molar-refractivity contribution is -0.113. The van der Waals surface area contributed by atoms with E-state index in [-0.39, 0.29) is 6.61 Å². The third kappa shape index (κ3) is 2.53. The predicted molar refractivity (Wildman–Crippen MR) is 30.0 cm³/mol. The minimum absolute atomic E-state index is 0.252. The third-order valence-electron chi connectivity index (χ3n) is 0.583. The van der Waals surface area contributed by atoms with Crippen LogP contribution in [0.5, 0.6) is 0 Å². The predicted octanol–water partition coefficient (Wildman–Crippen LogP) is -0.704. The molecule has 52 valence electrons. The second-order valence-corrected chi connectivity index (χ2v) is 1.20. The van der Waals surface area contributed by atoms with Gasteiger partial charge in [-0.2, -0.15) is 0 Å². The molecular weight excluding hydrogens is 124 g/mol. The summed E-state index contributed by atoms with van der Waals surface area (Å²) in [6, 6.07) is 0. The molecule has 0 fully saturated rings. The lowest BCUT2D eigenvalue weighted by atomic mass is 10.6. The maximum absolute atomic E-state index is 10.1. The molecule has 0 spiro atoms. The van der Waals surface area contributed by atoms with Crippen molar-refractivity contribution in [1.82, 2.24) is 0 Å². The highest BCUT2D eigenvalue weighted by Crippen LogP contribution is 1.78. The van der Waals surface area contributed by atoms with Crippen molar-refractivity contribution in [3.63, 3.8) is 0 Å². The standard InChI is InChI=1S/C4H8N2O3/c1-2-9-4(6-8)3(5)7/h8H,2H2,1H3,(H2,5,7)/b6-4+. The van der Waals surface area contributed by atoms with E-state index in [1.165, 1.54) is 0 Å². The summed E-state index contributed by atoms with van der Waals surface area (Å²) in [6.07, 6.45) is 0. The summed E-state index contributed by atoms with van der Waals surface area (Å²) in [5, 5.41) is 10.5. The quantitative estimate of drug-likeness (QED) is 0.214. The maximum Gasteiger partial charge on any atom is 0.315 e. The van der Waals surface area contributed by atoms with E-state index in [1.807, 2.05) is 0 Å². The minimum Gasteiger partial charge on any atom is -0.472 e. The van der Waals surface area contributed by atoms with Crippen molar-refractivity contribution in [2.75, 3.05) is 6.61 Å². The SMILES string of the molecule is CCO/C(=N/O)C(N)=O. The van der Waals surface area contributed by atoms with E-state index in [2.05, 4.69) is 15.6 Å². The van der Waals surface area contributed by atoms with Crippen molar-refractivity contribution in [2.24, 2.45) is 10.9 Å². The van der Waals surface area contributed by atoms with Gasteiger partial charge in [0.1, 0.15) is 0 Å². The Balaban J connectivity index is 3.85. The molecule has 0 aliphatic heterocycles. The van der Waals surface area contributed by atoms with Crippen molar-refractivity contribution >= 4 is 11.8 Å². The Kier molecular flexibility index (Phi) is 3.19. The van der Waals surface area contributed by atoms with Crippen LogP contribution in [-0.2, 0) is 9.53 Å². The van der Waals surface area contributed by atoms with Gasteiger partial charge in [0.15, 0.2) is 0 Å². The Morgan fingerprint density at radius 1 is 1.89 bits per heavy atom. The molecular formula is C4H8N2O3. The first-order valence-electron chi connectivity index (χ1n) is 2.37. The average Bonchev–Trinajstić information content (AvgIpc) is 1.82. The summed E-state index contributed by atoms with van der Waals surface area (Å²) in [6.45, 7) is 1.90. The highest BCUT2D eigenvalue weighted by Gasteiger charge is 2.05. The molecule has 3 N–H and O–H groups in total. The van der Waals surface area contributed by atoms with Gasteiger partial charge in [-0.05, 0) is 12.1 Å². The fraction of sp³-hybridized carbons (Fsp3) is 0.500. The number of nitrogens with two attached hydrogens (primary N) is 1. The zero-order valence-electron chi connectivity index (χ0n) is 5.00. The van der Waals surface area contributed by atoms with Gasteiger partial charge in [0.25, 0.3) is 0 Å². The molecule has 5 heteroatoms. The van der Waals surface area contributed by atoms with Crippen LogP contribution in [0.4, 0.5) is 0 Å². The van der Waals surface area contributed by atoms with E-state index in [9.17, 15) is 4.79 Å². The van der Waals surface area contributed by atoms with E-state index in [4.69, 9.17) is 5.21 Å². The lowest BCUT2D eigenvalue weighted by Crippen LogP contribution is -2.25. The first kappa shape index (κ1) is 7.74. The first-order chi connectivity index (χ1) is 4.22. The van der Waals surface area contributed by atoms with Gasteiger partial charge in [0.05, 0.1) is 6.61 Å². The highest BCUT2D eigenvalue weighted by molar-refractivity contribution is 6.34. The molecule has 0 rings (SSSR count). The summed E-state index contributed by atoms with van der Waals surface area (Å²) in [7, 11) is 0. The van der Waals surface area contributed by atoms with Gasteiger partial charge in [-0.1, -0.05) is 0 Å². The fourth-order valence-electron chi connectivity index (χ4n) is 0.286. The van der Waals surface area contributed by atoms with Crippen molar-refractivity contribution in [3.05, 3.63) is 0 Å². The number of nitrogens with zero attached hydrogens (tertiary/aromatic N) is 1. The van der Waals surface area contributed by atoms with Crippen LogP contribution in [0.2, 0.25) is 0 Å². The number of hydrogen-bond donors (Lipinski definition) is 2. The summed E-state index contributed by atoms with van der Waals surface area (Å²) in [4.78, 5) is 10.1. The smallest absolute Gasteiger partial charge is 0.315 e. The van der Waals surface area contributed by atoms with Crippen molar-refractivity contribution in [2.45, 2.75) is 6.92 Å². The zero-order chi connectivity index (χ0) is 7.28. The van der Waals surface area contributed by atoms with Gasteiger partial charge in [0, 0.05) is 0 Å². The Bertz CT molecular complexity index is 132. The van der Waals surface area contributed by atoms with Crippen LogP contribution in [-0.4, -0.2) is 23.6 Å². The molecule has 0 aromatic carbocycles. The van der Waals surface area contributed by atoms with Crippen LogP contribution in [0.25, 0.3) is 0 Å². The topological polar surface area (TPSA) is 84.9 Å². The van der Waals surface area contributed by atoms with Crippen molar-refractivity contribution in [1.29, 1.82) is 0 Å². The molecule has 0 aliphatic carbocycles. The number of ether oxygens (including phenoxy) is 1. The second-order valence-electron chi connectivity index (χ2n) is 1.20. The molecule has 0 aliphatic rings. The van der Waals surface area contributed by atoms with Crippen LogP contribution in [0.15, 0.2) is 5.16 Å². The summed E-state index contributed by atoms with van der Waals surface area (Å²) >= 11 is 0. The molecule has 0 aromatic rings. The highest BCUT2D eigenvalue weighted by atomic mass is 16.5. The number of carbonyl (C=O) groups is 1. The Labute approximate surface area is 52.1 Å². The first-order valence-corrected chi connectivity index (χ1v) is 2.37. The molecule has 0 saturated carbocycles. The Morgan fingerprint density at radius 2 is 2.44 bits per heavy atom. The molecule has 0 unspecified atom stereocenters. The number of hydrogen-bond acceptors (Lipinski definition) is 4. The van der Waals surface area contributed by atoms with Crippen LogP contribution >= 0.6 is 0 Å². The number of primary amides is 1. The Hall–Kier alpha value is -1.26. The van der Waals surface area contributed by atoms with Crippen LogP contribution in [0.1, 0.15) is 6.92 Å². The van der Waals surface area contributed by atoms with Gasteiger partial charge < -0.3 is 15.7 Å². The van der Waals surface area contributed by atoms with Crippen LogP contribution in [0.3, 0.4) is 0 Å². The van der Waals surface area contributed by atoms with Gasteiger partial charge >= 0.3 is 11.8 Å². The molecule has 5 nitrogen and oxygen atoms in total. The van der Waals surface area contributed by atoms with E-state index < -0.39 is 11.8 Å². The van der Waals surface area contributed by atoms with Gasteiger partial charge in [-0.3, -0.25) is 4.79 Å². The van der Waals surface area contributed by atoms with Gasteiger partial charge in [-0.15, -0.1) is 0 Å². The number of amides is 1. The zero-order valence-corrected chi connectivity index (χ0v) is 5.00. The molecule has 0 aromatic heterocycles. The van der Waals surface area contributed by atoms with E-state index in [0.717, 1.165) is 0 Å². The largest absolute Gasteiger partial charge is 0.472 e. The number of rotatable bonds is 1. The molecule has 1 amide bonds. The normalized spacial score (nSPS) is 11.0. The van der Waals surface area contributed by atoms with Crippen molar-refractivity contribution in [3.8, 4) is 0 Å². The monoisotopic (exact) mass is 132 g/mol. The van der Waals surface area contributed by atoms with Crippen molar-refractivity contribution < 1.29 is 14.7 Å². The van der Waals surface area contributed by atoms with Gasteiger partial charge in [0.2, 0.25) is 0 Å². The maximum atomic E-state index is 10.1. The molecule has 0 saturated heterocycles. The van der Waals surface area contributed by atoms with E-state index >= 15 is 0 Å². The number of carbonyl (C=O) groups excluding carboxylic acids is 1. The molecule has 0 radical (unpaired) electrons. The molecule has 0 atom stereocenters. The molecule has 9 heavy (non-hydrogen) atoms. The second kappa shape index (κ2) is 3.71. The third-order valence-corrected chi connectivity index (χ3v) is 0.583. The fourth-order valence-corrected chi connectivity index (χ4v) is 0.286. The van der Waals surface area contributed by atoms with E-state index in [1.54, 1.807) is 6.92 Å². The lowest BCUT2D eigenvalue weighted by Gasteiger charge is -1.97. The number of oxime groups is 1. The minimum atomic E-state index is -0.876.